The second-order valence-electron chi connectivity index (χ2n) is 13.2. The highest BCUT2D eigenvalue weighted by Crippen LogP contribution is 2.67. The van der Waals surface area contributed by atoms with E-state index in [4.69, 9.17) is 13.9 Å². The smallest absolute Gasteiger partial charge is 0.250 e. The highest BCUT2D eigenvalue weighted by atomic mass is 16.5. The van der Waals surface area contributed by atoms with Gasteiger partial charge in [-0.15, -0.1) is 0 Å². The number of nitrogens with one attached hydrogen (secondary N) is 2. The zero-order valence-electron chi connectivity index (χ0n) is 27.1. The van der Waals surface area contributed by atoms with Crippen LogP contribution in [0.3, 0.4) is 0 Å². The number of hydrogen-bond acceptors (Lipinski definition) is 6. The summed E-state index contributed by atoms with van der Waals surface area (Å²) in [7, 11) is 5.20. The van der Waals surface area contributed by atoms with Crippen molar-refractivity contribution in [2.45, 2.75) is 58.0 Å². The van der Waals surface area contributed by atoms with Gasteiger partial charge in [-0.05, 0) is 80.0 Å². The van der Waals surface area contributed by atoms with Crippen molar-refractivity contribution in [3.63, 3.8) is 0 Å². The number of aromatic nitrogens is 1. The molecular weight excluding hydrogens is 568 g/mol. The van der Waals surface area contributed by atoms with Crippen LogP contribution >= 0.6 is 0 Å². The second kappa shape index (κ2) is 11.9. The normalized spacial score (nSPS) is 20.5. The Balaban J connectivity index is 1.34. The Hall–Kier alpha value is -4.24. The van der Waals surface area contributed by atoms with Crippen LogP contribution in [0.25, 0.3) is 10.9 Å². The van der Waals surface area contributed by atoms with Crippen LogP contribution in [0.1, 0.15) is 56.0 Å². The van der Waals surface area contributed by atoms with Gasteiger partial charge in [0.2, 0.25) is 5.91 Å². The number of para-hydroxylation sites is 1. The zero-order valence-corrected chi connectivity index (χ0v) is 27.1. The topological polar surface area (TPSA) is 100 Å². The maximum Gasteiger partial charge on any atom is 0.250 e. The van der Waals surface area contributed by atoms with Crippen molar-refractivity contribution < 1.29 is 23.5 Å². The van der Waals surface area contributed by atoms with E-state index >= 15 is 0 Å². The van der Waals surface area contributed by atoms with E-state index in [9.17, 15) is 9.59 Å². The summed E-state index contributed by atoms with van der Waals surface area (Å²) in [5, 5.41) is 4.35. The molecule has 2 atom stereocenters. The molecule has 0 radical (unpaired) electrons. The van der Waals surface area contributed by atoms with Gasteiger partial charge in [0.25, 0.3) is 5.91 Å². The minimum Gasteiger partial charge on any atom is -0.497 e. The summed E-state index contributed by atoms with van der Waals surface area (Å²) in [5.74, 6) is 1.87. The van der Waals surface area contributed by atoms with E-state index in [2.05, 4.69) is 54.2 Å². The van der Waals surface area contributed by atoms with E-state index in [1.807, 2.05) is 25.2 Å². The largest absolute Gasteiger partial charge is 0.497 e. The van der Waals surface area contributed by atoms with Crippen molar-refractivity contribution in [2.24, 2.45) is 11.3 Å². The number of amides is 2. The van der Waals surface area contributed by atoms with Gasteiger partial charge in [-0.3, -0.25) is 9.59 Å². The Morgan fingerprint density at radius 1 is 1.07 bits per heavy atom. The van der Waals surface area contributed by atoms with E-state index in [1.165, 1.54) is 10.9 Å². The van der Waals surface area contributed by atoms with Gasteiger partial charge < -0.3 is 34.0 Å². The lowest BCUT2D eigenvalue weighted by molar-refractivity contribution is -0.150. The van der Waals surface area contributed by atoms with Crippen LogP contribution < -0.4 is 14.8 Å². The molecule has 2 unspecified atom stereocenters. The molecule has 3 heterocycles. The molecule has 9 heteroatoms. The van der Waals surface area contributed by atoms with Gasteiger partial charge in [-0.1, -0.05) is 32.0 Å². The monoisotopic (exact) mass is 612 g/mol. The molecule has 1 aliphatic carbocycles. The fraction of sp³-hybridized carbons (Fsp3) is 0.444. The lowest BCUT2D eigenvalue weighted by Crippen LogP contribution is -2.62. The molecular formula is C36H44N4O5. The third kappa shape index (κ3) is 5.58. The molecule has 1 aliphatic heterocycles. The Morgan fingerprint density at radius 3 is 2.51 bits per heavy atom. The van der Waals surface area contributed by atoms with Gasteiger partial charge >= 0.3 is 0 Å². The maximum absolute atomic E-state index is 14.7. The number of anilines is 1. The number of furan rings is 1. The molecule has 6 rings (SSSR count). The van der Waals surface area contributed by atoms with Crippen LogP contribution in [0.4, 0.5) is 5.69 Å². The number of aryl methyl sites for hydroxylation is 1. The van der Waals surface area contributed by atoms with Crippen molar-refractivity contribution in [3.8, 4) is 11.5 Å². The number of ether oxygens (including phenoxy) is 2. The van der Waals surface area contributed by atoms with Crippen LogP contribution in [0.15, 0.2) is 65.3 Å². The van der Waals surface area contributed by atoms with Gasteiger partial charge in [0, 0.05) is 42.2 Å². The van der Waals surface area contributed by atoms with Gasteiger partial charge in [-0.2, -0.15) is 0 Å². The molecule has 2 aliphatic rings. The summed E-state index contributed by atoms with van der Waals surface area (Å²) in [5.41, 5.74) is 2.95. The quantitative estimate of drug-likeness (QED) is 0.217. The number of aromatic amines is 1. The molecule has 2 aromatic carbocycles. The number of H-pyrrole nitrogens is 1. The Kier molecular flexibility index (Phi) is 8.16. The number of hydrogen-bond donors (Lipinski definition) is 2. The van der Waals surface area contributed by atoms with E-state index in [1.54, 1.807) is 43.6 Å². The predicted molar refractivity (Wildman–Crippen MR) is 175 cm³/mol. The third-order valence-electron chi connectivity index (χ3n) is 10.3. The number of likely N-dealkylation sites (tertiary alicyclic amines) is 1. The fourth-order valence-electron chi connectivity index (χ4n) is 7.48. The molecule has 2 N–H and O–H groups in total. The molecule has 45 heavy (non-hydrogen) atoms. The first-order valence-electron chi connectivity index (χ1n) is 15.7. The molecule has 2 amide bonds. The molecule has 2 aromatic heterocycles. The van der Waals surface area contributed by atoms with Crippen LogP contribution in [-0.4, -0.2) is 66.5 Å². The lowest BCUT2D eigenvalue weighted by atomic mass is 9.83. The van der Waals surface area contributed by atoms with Crippen molar-refractivity contribution >= 4 is 28.4 Å². The SMILES string of the molecule is COc1ccc(NC(=O)C2(N(Cc3ccco3)C(=O)CC3C(c4c(C)[nH]c5ccccc45)C3(C)C)CCN(C)CC2)c(OC)c1. The first kappa shape index (κ1) is 30.8. The van der Waals surface area contributed by atoms with Crippen molar-refractivity contribution in [1.29, 1.82) is 0 Å². The molecule has 0 bridgehead atoms. The molecule has 4 aromatic rings. The fourth-order valence-corrected chi connectivity index (χ4v) is 7.48. The summed E-state index contributed by atoms with van der Waals surface area (Å²) in [6.45, 7) is 8.20. The molecule has 0 spiro atoms. The number of fused-ring (bicyclic) bond motifs is 1. The standard InChI is InChI=1S/C36H44N4O5/c1-23-32(26-11-7-8-12-28(26)37-23)33-27(35(33,2)3)21-31(41)40(22-25-10-9-19-45-25)36(15-17-39(4)18-16-36)34(42)38-29-14-13-24(43-5)20-30(29)44-6/h7-14,19-20,27,33,37H,15-18,21-22H2,1-6H3,(H,38,42). The summed E-state index contributed by atoms with van der Waals surface area (Å²) >= 11 is 0. The maximum atomic E-state index is 14.7. The summed E-state index contributed by atoms with van der Waals surface area (Å²) < 4.78 is 16.7. The average molecular weight is 613 g/mol. The lowest BCUT2D eigenvalue weighted by Gasteiger charge is -2.46. The molecule has 1 saturated heterocycles. The van der Waals surface area contributed by atoms with Crippen molar-refractivity contribution in [2.75, 3.05) is 39.7 Å². The number of piperidine rings is 1. The highest BCUT2D eigenvalue weighted by molar-refractivity contribution is 6.01. The van der Waals surface area contributed by atoms with Crippen molar-refractivity contribution in [1.82, 2.24) is 14.8 Å². The minimum atomic E-state index is -1.08. The second-order valence-corrected chi connectivity index (χ2v) is 13.2. The van der Waals surface area contributed by atoms with Gasteiger partial charge in [0.15, 0.2) is 0 Å². The molecule has 238 valence electrons. The van der Waals surface area contributed by atoms with Crippen LogP contribution in [0, 0.1) is 18.3 Å². The van der Waals surface area contributed by atoms with Crippen molar-refractivity contribution in [3.05, 3.63) is 77.9 Å². The first-order valence-corrected chi connectivity index (χ1v) is 15.7. The van der Waals surface area contributed by atoms with Crippen LogP contribution in [0.5, 0.6) is 11.5 Å². The number of carbonyl (C=O) groups excluding carboxylic acids is 2. The summed E-state index contributed by atoms with van der Waals surface area (Å²) in [4.78, 5) is 36.7. The Labute approximate surface area is 264 Å². The number of carbonyl (C=O) groups is 2. The summed E-state index contributed by atoms with van der Waals surface area (Å²) in [6, 6.07) is 17.4. The predicted octanol–water partition coefficient (Wildman–Crippen LogP) is 6.35. The van der Waals surface area contributed by atoms with Crippen LogP contribution in [-0.2, 0) is 16.1 Å². The first-order chi connectivity index (χ1) is 21.6. The van der Waals surface area contributed by atoms with Gasteiger partial charge in [0.05, 0.1) is 32.7 Å². The number of nitrogens with zero attached hydrogens (tertiary/aromatic N) is 2. The zero-order chi connectivity index (χ0) is 31.9. The summed E-state index contributed by atoms with van der Waals surface area (Å²) in [6.07, 6.45) is 2.95. The minimum absolute atomic E-state index is 0.0362. The van der Waals surface area contributed by atoms with Gasteiger partial charge in [-0.25, -0.2) is 0 Å². The van der Waals surface area contributed by atoms with E-state index in [0.29, 0.717) is 55.3 Å². The third-order valence-corrected chi connectivity index (χ3v) is 10.3. The van der Waals surface area contributed by atoms with E-state index in [-0.39, 0.29) is 35.6 Å². The number of benzene rings is 2. The van der Waals surface area contributed by atoms with E-state index in [0.717, 1.165) is 11.2 Å². The van der Waals surface area contributed by atoms with E-state index < -0.39 is 5.54 Å². The average Bonchev–Trinajstić information content (AvgIpc) is 3.40. The molecule has 2 fully saturated rings. The molecule has 9 nitrogen and oxygen atoms in total. The number of rotatable bonds is 10. The number of methoxy groups -OCH3 is 2. The highest BCUT2D eigenvalue weighted by Gasteiger charge is 2.61. The Morgan fingerprint density at radius 2 is 1.82 bits per heavy atom. The molecule has 1 saturated carbocycles. The Bertz CT molecular complexity index is 1680. The van der Waals surface area contributed by atoms with Gasteiger partial charge in [0.1, 0.15) is 22.8 Å². The van der Waals surface area contributed by atoms with Crippen LogP contribution in [0.2, 0.25) is 0 Å².